The first-order valence-corrected chi connectivity index (χ1v) is 6.79. The molecule has 0 saturated heterocycles. The summed E-state index contributed by atoms with van der Waals surface area (Å²) in [5, 5.41) is 0. The van der Waals surface area contributed by atoms with Crippen LogP contribution in [0.3, 0.4) is 0 Å². The van der Waals surface area contributed by atoms with Gasteiger partial charge in [-0.25, -0.2) is 0 Å². The van der Waals surface area contributed by atoms with Gasteiger partial charge in [0, 0.05) is 22.7 Å². The van der Waals surface area contributed by atoms with Crippen molar-refractivity contribution in [2.75, 3.05) is 0 Å². The van der Waals surface area contributed by atoms with Crippen LogP contribution in [0.1, 0.15) is 34.6 Å². The molecule has 0 saturated carbocycles. The molecule has 0 spiro atoms. The first-order valence-electron chi connectivity index (χ1n) is 4.76. The van der Waals surface area contributed by atoms with Crippen LogP contribution in [0, 0.1) is 5.92 Å². The van der Waals surface area contributed by atoms with E-state index in [1.807, 2.05) is 0 Å². The quantitative estimate of drug-likeness (QED) is 0.342. The van der Waals surface area contributed by atoms with Crippen molar-refractivity contribution in [3.63, 3.8) is 0 Å². The average Bonchev–Trinajstić information content (AvgIpc) is 2.18. The minimum Gasteiger partial charge on any atom is 0 e. The normalized spacial score (nSPS) is 20.8. The maximum absolute atomic E-state index is 10.7. The van der Waals surface area contributed by atoms with Crippen molar-refractivity contribution in [3.8, 4) is 0 Å². The Balaban J connectivity index is 0. The topological polar surface area (TPSA) is 0 Å². The second kappa shape index (κ2) is 4.83. The predicted octanol–water partition coefficient (Wildman–Crippen LogP) is 6.65. The summed E-state index contributed by atoms with van der Waals surface area (Å²) in [4.78, 5) is 0. The van der Waals surface area contributed by atoms with Crippen LogP contribution in [0.4, 0.5) is 25.2 Å². The monoisotopic (exact) mass is 339 g/mol. The van der Waals surface area contributed by atoms with Gasteiger partial charge in [0.25, 0.3) is 0 Å². The fourth-order valence-electron chi connectivity index (χ4n) is 1.41. The van der Waals surface area contributed by atoms with Crippen molar-refractivity contribution in [1.82, 2.24) is 0 Å². The van der Waals surface area contributed by atoms with Crippen LogP contribution in [0.15, 0.2) is 22.3 Å². The molecule has 1 aliphatic rings. The number of allylic oxidation sites excluding steroid dienone is 4. The Morgan fingerprint density at radius 3 is 0.778 bits per heavy atom. The molecule has 0 aromatic carbocycles. The van der Waals surface area contributed by atoms with E-state index in [0.29, 0.717) is 0 Å². The molecule has 0 amide bonds. The van der Waals surface area contributed by atoms with Gasteiger partial charge in [0.2, 0.25) is 0 Å². The molecule has 0 aromatic heterocycles. The van der Waals surface area contributed by atoms with Crippen LogP contribution in [0.5, 0.6) is 0 Å². The van der Waals surface area contributed by atoms with E-state index in [1.165, 1.54) is 28.2 Å². The summed E-state index contributed by atoms with van der Waals surface area (Å²) >= 11 is 0. The van der Waals surface area contributed by atoms with E-state index in [2.05, 4.69) is 34.6 Å². The summed E-state index contributed by atoms with van der Waals surface area (Å²) < 4.78 is 59.2. The SMILES string of the molecule is C[C]1C(C)=C(C)C(C)=C1C.F[P-](F)(F)(F)(F)F.[Co]. The molecule has 0 N–H and O–H groups in total. The average molecular weight is 339 g/mol. The van der Waals surface area contributed by atoms with E-state index in [0.717, 1.165) is 0 Å². The van der Waals surface area contributed by atoms with E-state index in [-0.39, 0.29) is 16.8 Å². The molecular formula is C10H15CoF6P-. The van der Waals surface area contributed by atoms with E-state index in [4.69, 9.17) is 0 Å². The molecule has 0 heterocycles. The molecule has 0 fully saturated rings. The van der Waals surface area contributed by atoms with Crippen molar-refractivity contribution in [3.05, 3.63) is 28.2 Å². The summed E-state index contributed by atoms with van der Waals surface area (Å²) in [6, 6.07) is 0. The maximum atomic E-state index is 9.87. The Labute approximate surface area is 113 Å². The van der Waals surface area contributed by atoms with Gasteiger partial charge < -0.3 is 0 Å². The van der Waals surface area contributed by atoms with Gasteiger partial charge in [-0.15, -0.1) is 0 Å². The Kier molecular flexibility index (Phi) is 5.46. The van der Waals surface area contributed by atoms with Crippen LogP contribution in [0.25, 0.3) is 0 Å². The standard InChI is InChI=1S/C10H15.Co.F6P/c1-6-7(2)9(4)10(5)8(6)3;;1-7(2,3,4,5)6/h1-5H3;;/q;;-1. The fraction of sp³-hybridized carbons (Fsp3) is 0.500. The molecule has 112 valence electrons. The van der Waals surface area contributed by atoms with Gasteiger partial charge in [0.1, 0.15) is 0 Å². The van der Waals surface area contributed by atoms with Crippen molar-refractivity contribution in [2.45, 2.75) is 34.6 Å². The van der Waals surface area contributed by atoms with Crippen LogP contribution in [-0.2, 0) is 16.8 Å². The Bertz CT molecular complexity index is 353. The Hall–Kier alpha value is -0.00351. The van der Waals surface area contributed by atoms with E-state index >= 15 is 0 Å². The van der Waals surface area contributed by atoms with Crippen LogP contribution in [0.2, 0.25) is 0 Å². The smallest absolute Gasteiger partial charge is 0 e. The third-order valence-electron chi connectivity index (χ3n) is 2.81. The van der Waals surface area contributed by atoms with Crippen molar-refractivity contribution in [1.29, 1.82) is 0 Å². The van der Waals surface area contributed by atoms with Gasteiger partial charge in [0.15, 0.2) is 0 Å². The molecule has 0 nitrogen and oxygen atoms in total. The first-order chi connectivity index (χ1) is 7.00. The van der Waals surface area contributed by atoms with Crippen molar-refractivity contribution >= 4 is 7.81 Å². The van der Waals surface area contributed by atoms with Crippen molar-refractivity contribution in [2.24, 2.45) is 0 Å². The second-order valence-electron chi connectivity index (χ2n) is 4.08. The molecule has 0 unspecified atom stereocenters. The Morgan fingerprint density at radius 1 is 0.556 bits per heavy atom. The molecule has 2 radical (unpaired) electrons. The minimum atomic E-state index is -10.7. The molecule has 1 rings (SSSR count). The van der Waals surface area contributed by atoms with Gasteiger partial charge in [-0.05, 0) is 38.8 Å². The summed E-state index contributed by atoms with van der Waals surface area (Å²) in [6.07, 6.45) is 0. The molecule has 0 aromatic rings. The van der Waals surface area contributed by atoms with Gasteiger partial charge in [0.05, 0.1) is 0 Å². The summed E-state index contributed by atoms with van der Waals surface area (Å²) in [5.41, 5.74) is 5.87. The zero-order valence-electron chi connectivity index (χ0n) is 10.5. The van der Waals surface area contributed by atoms with Crippen LogP contribution >= 0.6 is 7.81 Å². The second-order valence-corrected chi connectivity index (χ2v) is 6.00. The first kappa shape index (κ1) is 20.3. The fourth-order valence-corrected chi connectivity index (χ4v) is 1.41. The van der Waals surface area contributed by atoms with Crippen LogP contribution < -0.4 is 0 Å². The van der Waals surface area contributed by atoms with Gasteiger partial charge in [-0.2, -0.15) is 0 Å². The molecular weight excluding hydrogens is 324 g/mol. The number of hydrogen-bond donors (Lipinski definition) is 0. The van der Waals surface area contributed by atoms with Gasteiger partial charge >= 0.3 is 33.0 Å². The summed E-state index contributed by atoms with van der Waals surface area (Å²) in [6.45, 7) is 11.0. The molecule has 0 bridgehead atoms. The molecule has 8 heteroatoms. The number of hydrogen-bond acceptors (Lipinski definition) is 0. The maximum Gasteiger partial charge on any atom is 0 e. The van der Waals surface area contributed by atoms with Gasteiger partial charge in [-0.1, -0.05) is 18.1 Å². The zero-order valence-corrected chi connectivity index (χ0v) is 12.5. The summed E-state index contributed by atoms with van der Waals surface area (Å²) in [5.74, 6) is 1.47. The molecule has 18 heavy (non-hydrogen) atoms. The van der Waals surface area contributed by atoms with Crippen LogP contribution in [-0.4, -0.2) is 0 Å². The minimum absolute atomic E-state index is 0. The Morgan fingerprint density at radius 2 is 0.722 bits per heavy atom. The predicted molar refractivity (Wildman–Crippen MR) is 59.2 cm³/mol. The van der Waals surface area contributed by atoms with E-state index in [9.17, 15) is 25.2 Å². The third-order valence-corrected chi connectivity index (χ3v) is 2.81. The van der Waals surface area contributed by atoms with Gasteiger partial charge in [-0.3, -0.25) is 0 Å². The zero-order chi connectivity index (χ0) is 14.3. The molecule has 0 aliphatic heterocycles. The largest absolute Gasteiger partial charge is 0 e. The van der Waals surface area contributed by atoms with E-state index < -0.39 is 7.81 Å². The van der Waals surface area contributed by atoms with Crippen molar-refractivity contribution < 1.29 is 42.0 Å². The summed E-state index contributed by atoms with van der Waals surface area (Å²) in [7, 11) is -10.7. The number of rotatable bonds is 0. The molecule has 1 aliphatic carbocycles. The molecule has 0 atom stereocenters. The number of halogens is 6. The van der Waals surface area contributed by atoms with E-state index in [1.54, 1.807) is 0 Å². The third kappa shape index (κ3) is 9.00.